The average Bonchev–Trinajstić information content (AvgIpc) is 0.984. The molecule has 26 nitrogen and oxygen atoms in total. The van der Waals surface area contributed by atoms with Gasteiger partial charge in [0.15, 0.2) is 25.2 Å². The number of esters is 2. The van der Waals surface area contributed by atoms with Crippen molar-refractivity contribution in [1.82, 2.24) is 39.5 Å². The van der Waals surface area contributed by atoms with Crippen LogP contribution in [-0.2, 0) is 67.0 Å². The summed E-state index contributed by atoms with van der Waals surface area (Å²) >= 11 is 3.69. The molecule has 12 saturated carbocycles. The fourth-order valence-corrected chi connectivity index (χ4v) is 31.4. The number of aryl methyl sites for hydroxylation is 3. The van der Waals surface area contributed by atoms with Crippen LogP contribution >= 0.6 is 15.9 Å². The molecule has 136 heavy (non-hydrogen) atoms. The van der Waals surface area contributed by atoms with Crippen molar-refractivity contribution in [3.8, 4) is 0 Å². The van der Waals surface area contributed by atoms with Crippen molar-refractivity contribution < 1.29 is 107 Å². The van der Waals surface area contributed by atoms with Crippen LogP contribution < -0.4 is 18.9 Å². The Morgan fingerprint density at radius 1 is 0.404 bits per heavy atom. The number of fused-ring (bicyclic) bond motifs is 12. The molecule has 752 valence electrons. The van der Waals surface area contributed by atoms with Crippen molar-refractivity contribution in [2.45, 2.75) is 370 Å². The van der Waals surface area contributed by atoms with Crippen molar-refractivity contribution in [1.29, 1.82) is 0 Å². The Balaban J connectivity index is 0.000000148. The Kier molecular flexibility index (Phi) is 36.0. The van der Waals surface area contributed by atoms with E-state index in [0.29, 0.717) is 113 Å². The maximum Gasteiger partial charge on any atom is 1.00 e. The second-order valence-electron chi connectivity index (χ2n) is 45.7. The first-order valence-corrected chi connectivity index (χ1v) is 53.1. The first-order valence-electron chi connectivity index (χ1n) is 52.0. The van der Waals surface area contributed by atoms with E-state index in [4.69, 9.17) is 42.6 Å². The number of hydrogen-bond donors (Lipinski definition) is 3. The largest absolute Gasteiger partial charge is 1.00 e. The number of aromatic carboxylic acids is 2. The van der Waals surface area contributed by atoms with Crippen molar-refractivity contribution >= 4 is 39.8 Å². The summed E-state index contributed by atoms with van der Waals surface area (Å²) in [5, 5.41) is 38.5. The van der Waals surface area contributed by atoms with Crippen molar-refractivity contribution in [3.63, 3.8) is 0 Å². The monoisotopic (exact) mass is 1950 g/mol. The number of rotatable bonds is 21. The first-order chi connectivity index (χ1) is 63.8. The van der Waals surface area contributed by atoms with Crippen molar-refractivity contribution in [2.24, 2.45) is 114 Å². The summed E-state index contributed by atoms with van der Waals surface area (Å²) in [7, 11) is 0. The van der Waals surface area contributed by atoms with Crippen LogP contribution in [0.3, 0.4) is 0 Å². The Morgan fingerprint density at radius 3 is 0.919 bits per heavy atom. The average molecular weight is 1950 g/mol. The van der Waals surface area contributed by atoms with E-state index in [9.17, 15) is 29.4 Å². The quantitative estimate of drug-likeness (QED) is 0.0302. The van der Waals surface area contributed by atoms with Gasteiger partial charge in [-0.2, -0.15) is 20.4 Å². The van der Waals surface area contributed by atoms with Gasteiger partial charge in [-0.15, -0.1) is 0 Å². The van der Waals surface area contributed by atoms with Crippen LogP contribution in [0.4, 0.5) is 0 Å². The number of hydrogen-bond acceptors (Lipinski definition) is 19. The van der Waals surface area contributed by atoms with Gasteiger partial charge >= 0.3 is 42.7 Å². The molecule has 6 N–H and O–H groups in total. The number of H-pyrrole nitrogens is 1. The fraction of sp³-hybridized carbons (Fsp3) is 0.778. The number of nitrogens with zero attached hydrogens (tertiary/aromatic N) is 7. The number of carboxylic acids is 2. The zero-order valence-corrected chi connectivity index (χ0v) is 85.7. The molecular weight excluding hydrogens is 1780 g/mol. The predicted octanol–water partition coefficient (Wildman–Crippen LogP) is 19.0. The molecule has 8 heterocycles. The summed E-state index contributed by atoms with van der Waals surface area (Å²) in [6.45, 7) is 47.5. The minimum Gasteiger partial charge on any atom is -0.870 e. The number of allylic oxidation sites excluding steroid dienone is 4. The zero-order valence-electron chi connectivity index (χ0n) is 84.1. The summed E-state index contributed by atoms with van der Waals surface area (Å²) in [6, 6.07) is 0. The zero-order chi connectivity index (χ0) is 94.0. The molecule has 0 bridgehead atoms. The number of carboxylic acid groups (broad SMARTS) is 2. The predicted molar refractivity (Wildman–Crippen MR) is 518 cm³/mol. The number of aromatic nitrogens is 8. The van der Waals surface area contributed by atoms with Gasteiger partial charge in [0.25, 0.3) is 0 Å². The van der Waals surface area contributed by atoms with Gasteiger partial charge in [0.1, 0.15) is 0 Å². The topological polar surface area (TPSA) is 345 Å². The molecule has 12 aliphatic carbocycles. The minimum atomic E-state index is -0.926. The van der Waals surface area contributed by atoms with Gasteiger partial charge in [-0.05, 0) is 263 Å². The fourth-order valence-electron chi connectivity index (χ4n) is 30.9. The van der Waals surface area contributed by atoms with E-state index in [2.05, 4.69) is 128 Å². The van der Waals surface area contributed by atoms with E-state index >= 15 is 0 Å². The molecule has 0 radical (unpaired) electrons. The maximum atomic E-state index is 12.0. The van der Waals surface area contributed by atoms with Crippen LogP contribution in [0, 0.1) is 114 Å². The van der Waals surface area contributed by atoms with E-state index in [-0.39, 0.29) is 128 Å². The Labute approximate surface area is 830 Å². The second kappa shape index (κ2) is 45.5. The second-order valence-corrected chi connectivity index (χ2v) is 46.5. The molecule has 20 rings (SSSR count). The number of nitrogens with one attached hydrogen (secondary N) is 1. The first kappa shape index (κ1) is 108. The van der Waals surface area contributed by atoms with E-state index in [1.54, 1.807) is 34.9 Å². The molecule has 24 atom stereocenters. The van der Waals surface area contributed by atoms with Crippen molar-refractivity contribution in [3.05, 3.63) is 120 Å². The van der Waals surface area contributed by atoms with Crippen LogP contribution in [-0.4, -0.2) is 179 Å². The van der Waals surface area contributed by atoms with E-state index in [0.717, 1.165) is 135 Å². The minimum absolute atomic E-state index is 0. The summed E-state index contributed by atoms with van der Waals surface area (Å²) in [5.41, 5.74) is 8.23. The Bertz CT molecular complexity index is 4530. The van der Waals surface area contributed by atoms with Crippen LogP contribution in [0.25, 0.3) is 0 Å². The van der Waals surface area contributed by atoms with Crippen LogP contribution in [0.5, 0.6) is 0 Å². The molecule has 4 aromatic heterocycles. The summed E-state index contributed by atoms with van der Waals surface area (Å²) in [4.78, 5) is 45.2. The number of ether oxygens (including phenoxy) is 10. The summed E-state index contributed by atoms with van der Waals surface area (Å²) in [6.07, 6.45) is 57.0. The third kappa shape index (κ3) is 21.9. The normalized spacial score (nSPS) is 38.0. The smallest absolute Gasteiger partial charge is 0.870 e. The number of aromatic amines is 1. The number of carbonyl (C=O) groups is 4. The van der Waals surface area contributed by atoms with Gasteiger partial charge < -0.3 is 68.5 Å². The van der Waals surface area contributed by atoms with Gasteiger partial charge in [0.2, 0.25) is 0 Å². The van der Waals surface area contributed by atoms with Gasteiger partial charge in [-0.25, -0.2) is 19.2 Å². The third-order valence-electron chi connectivity index (χ3n) is 38.1. The van der Waals surface area contributed by atoms with Crippen molar-refractivity contribution in [2.75, 3.05) is 45.0 Å². The molecule has 0 spiro atoms. The number of alkyl halides is 1. The molecular formula is C108H164BrLiN8O18. The number of halogens is 1. The van der Waals surface area contributed by atoms with Crippen LogP contribution in [0.2, 0.25) is 0 Å². The van der Waals surface area contributed by atoms with Gasteiger partial charge in [-0.1, -0.05) is 171 Å². The molecule has 28 heteroatoms. The Morgan fingerprint density at radius 2 is 0.669 bits per heavy atom. The summed E-state index contributed by atoms with van der Waals surface area (Å²) in [5.74, 6) is 4.14. The standard InChI is InChI=1S/C28H42N2O4.2C26H38N2O4.C22H35BrO2.C6H8N2O2.Li.2H2O/c1-5-32-25(31)21-16-29-30(17-21)15-13-22-19(2)10-11-23-27(22,3)14-12-24-28(23,4)18-33-26(34-24)20-8-6-7-9-20;2*1-17-8-9-21-25(2,20(17)11-13-28-15-19(14-27-28)23(29)30)12-10-22-26(21,3)16-31-24(32-22)18-6-4-5-7-18;1-15-8-9-18-21(2,17(15)11-13-23)12-10-19-22(18,3)14-24-20(25-19)16-6-4-5-7-16;1-2-10-6(9)5-3-7-8-4-5;;;/h16-17,20,22-24,26H,2,5-15,18H2,1,3-4H3;2*14-15,18,20-22,24H,1,4-13,16H2,2-3H3,(H,29,30);16-20H,1,4-14H2,2-3H3;3-4H,2H2,1H3,(H,7,8);;2*1H2/q;;;;;+1;;/p-1/t22-,23?,24-,26-,27+,28+;2*20-,21?,22-,24-,25+,26+;17-,18?,19-,20-,21+,22+;;;;/m1111..../s1. The van der Waals surface area contributed by atoms with E-state index < -0.39 is 11.9 Å². The molecule has 4 aromatic rings. The van der Waals surface area contributed by atoms with Crippen LogP contribution in [0.15, 0.2) is 98.2 Å². The molecule has 4 saturated heterocycles. The molecule has 16 fully saturated rings. The Hall–Kier alpha value is -5.64. The van der Waals surface area contributed by atoms with Crippen LogP contribution in [0.1, 0.15) is 342 Å². The van der Waals surface area contributed by atoms with E-state index in [1.807, 2.05) is 17.8 Å². The molecule has 0 amide bonds. The molecule has 16 aliphatic rings. The van der Waals surface area contributed by atoms with Gasteiger partial charge in [0, 0.05) is 95.1 Å². The van der Waals surface area contributed by atoms with Gasteiger partial charge in [0.05, 0.1) is 111 Å². The molecule has 4 aliphatic heterocycles. The maximum absolute atomic E-state index is 12.0. The molecule has 4 unspecified atom stereocenters. The molecule has 0 aromatic carbocycles. The summed E-state index contributed by atoms with van der Waals surface area (Å²) < 4.78 is 67.6. The number of carbonyl (C=O) groups excluding carboxylic acids is 2. The van der Waals surface area contributed by atoms with Gasteiger partial charge in [-0.3, -0.25) is 19.1 Å². The third-order valence-corrected chi connectivity index (χ3v) is 38.5. The van der Waals surface area contributed by atoms with E-state index in [1.165, 1.54) is 195 Å². The SMILES string of the molecule is C=C1CCC2[C@]3(C)CO[C@@H](C4CCCC4)O[C@@H]3CC[C@@]2(C)[C@@H]1CCBr.C=C1CCC2[C@]3(C)CO[C@@H](C4CCCC4)O[C@@H]3CC[C@@]2(C)[C@@H]1CCn1cc(C(=O)O)cn1.C=C1CCC2[C@]3(C)CO[C@@H](C4CCCC4)O[C@@H]3CC[C@@]2(C)[C@@H]1CCn1cc(C(=O)O)cn1.C=C1CCC2[C@]3(C)CO[C@@H](C4CCCC4)O[C@@H]3CC[C@@]2(C)[C@@H]1CCn1cc(C(=O)OCC)cn1.CCOC(=O)c1cn[nH]c1.O.[Li+].[OH-].